The Labute approximate surface area is 294 Å². The Morgan fingerprint density at radius 3 is 2.31 bits per heavy atom. The molecule has 272 valence electrons. The van der Waals surface area contributed by atoms with E-state index in [9.17, 15) is 24.0 Å². The van der Waals surface area contributed by atoms with Crippen molar-refractivity contribution < 1.29 is 28.7 Å². The summed E-state index contributed by atoms with van der Waals surface area (Å²) in [5.41, 5.74) is 5.15. The van der Waals surface area contributed by atoms with Gasteiger partial charge in [-0.05, 0) is 53.8 Å². The molecule has 4 aliphatic rings. The second-order valence-electron chi connectivity index (χ2n) is 16.5. The van der Waals surface area contributed by atoms with E-state index in [0.717, 1.165) is 38.5 Å². The van der Waals surface area contributed by atoms with E-state index in [1.165, 1.54) is 11.3 Å². The molecule has 13 heteroatoms. The number of anilines is 1. The topological polar surface area (TPSA) is 164 Å². The minimum Gasteiger partial charge on any atom is -0.378 e. The number of nitrogens with zero attached hydrogens (tertiary/aromatic N) is 3. The van der Waals surface area contributed by atoms with Crippen LogP contribution in [-0.4, -0.2) is 95.2 Å². The minimum atomic E-state index is -1.06. The van der Waals surface area contributed by atoms with Crippen LogP contribution in [0.25, 0.3) is 0 Å². The predicted octanol–water partition coefficient (Wildman–Crippen LogP) is 3.53. The molecule has 49 heavy (non-hydrogen) atoms. The Bertz CT molecular complexity index is 1410. The van der Waals surface area contributed by atoms with E-state index >= 15 is 0 Å². The molecule has 2 aliphatic heterocycles. The van der Waals surface area contributed by atoms with Crippen molar-refractivity contribution in [1.29, 1.82) is 0 Å². The molecule has 5 rings (SSSR count). The summed E-state index contributed by atoms with van der Waals surface area (Å²) >= 11 is 1.35. The van der Waals surface area contributed by atoms with Crippen LogP contribution in [0, 0.1) is 28.1 Å². The van der Waals surface area contributed by atoms with E-state index in [1.807, 2.05) is 26.2 Å². The lowest BCUT2D eigenvalue weighted by atomic mass is 9.48. The summed E-state index contributed by atoms with van der Waals surface area (Å²) in [7, 11) is 0. The molecule has 0 aromatic carbocycles. The van der Waals surface area contributed by atoms with Crippen LogP contribution in [0.4, 0.5) is 5.13 Å². The van der Waals surface area contributed by atoms with Gasteiger partial charge < -0.3 is 30.9 Å². The molecule has 12 nitrogen and oxygen atoms in total. The molecule has 4 atom stereocenters. The molecule has 2 saturated heterocycles. The predicted molar refractivity (Wildman–Crippen MR) is 188 cm³/mol. The third-order valence-corrected chi connectivity index (χ3v) is 12.8. The van der Waals surface area contributed by atoms with Crippen LogP contribution in [0.2, 0.25) is 0 Å². The van der Waals surface area contributed by atoms with Crippen LogP contribution in [0.5, 0.6) is 0 Å². The number of carbonyl (C=O) groups is 5. The van der Waals surface area contributed by atoms with Gasteiger partial charge in [0.15, 0.2) is 5.13 Å². The molecule has 1 aromatic heterocycles. The van der Waals surface area contributed by atoms with Crippen molar-refractivity contribution in [2.45, 2.75) is 117 Å². The van der Waals surface area contributed by atoms with E-state index in [0.29, 0.717) is 62.4 Å². The van der Waals surface area contributed by atoms with Crippen molar-refractivity contribution in [3.8, 4) is 0 Å². The van der Waals surface area contributed by atoms with E-state index in [-0.39, 0.29) is 35.0 Å². The minimum absolute atomic E-state index is 0.00527. The van der Waals surface area contributed by atoms with Crippen molar-refractivity contribution >= 4 is 45.9 Å². The van der Waals surface area contributed by atoms with Crippen molar-refractivity contribution in [2.75, 3.05) is 38.2 Å². The standard InChI is InChI=1S/C36H56N6O6S/c1-22(2)36(11-8-12-36)35(6)19-26(31(46)39-25(28(44)30(37)45)17-23-9-7-10-23)42(21-35)32(47)29(34(3,4)5)40-33-38-24(20-49-33)18-27(43)41-13-15-48-16-14-41/h20,22-23,25-26,29H,7-19,21H2,1-6H3,(H2,37,45)(H,38,40)(H,39,46)/t25?,26-,29+,35+/m0/s1. The molecule has 0 bridgehead atoms. The number of hydrogen-bond donors (Lipinski definition) is 3. The maximum absolute atomic E-state index is 14.8. The number of thiazole rings is 1. The Kier molecular flexibility index (Phi) is 11.1. The molecule has 4 fully saturated rings. The Morgan fingerprint density at radius 1 is 1.10 bits per heavy atom. The summed E-state index contributed by atoms with van der Waals surface area (Å²) in [6.45, 7) is 15.2. The number of primary amides is 1. The third-order valence-electron chi connectivity index (χ3n) is 12.0. The highest BCUT2D eigenvalue weighted by Gasteiger charge is 2.60. The zero-order chi connectivity index (χ0) is 35.7. The lowest BCUT2D eigenvalue weighted by Gasteiger charge is -2.56. The molecular weight excluding hydrogens is 644 g/mol. The van der Waals surface area contributed by atoms with Crippen LogP contribution in [0.1, 0.15) is 98.6 Å². The maximum atomic E-state index is 14.8. The van der Waals surface area contributed by atoms with Crippen molar-refractivity contribution in [2.24, 2.45) is 33.8 Å². The van der Waals surface area contributed by atoms with E-state index < -0.39 is 41.1 Å². The first-order chi connectivity index (χ1) is 23.0. The van der Waals surface area contributed by atoms with Gasteiger partial charge in [0.25, 0.3) is 5.91 Å². The average molecular weight is 701 g/mol. The highest BCUT2D eigenvalue weighted by atomic mass is 32.1. The monoisotopic (exact) mass is 700 g/mol. The van der Waals surface area contributed by atoms with Crippen LogP contribution in [-0.2, 0) is 35.1 Å². The van der Waals surface area contributed by atoms with E-state index in [1.54, 1.807) is 9.80 Å². The van der Waals surface area contributed by atoms with Gasteiger partial charge in [-0.15, -0.1) is 11.3 Å². The normalized spacial score (nSPS) is 25.2. The summed E-state index contributed by atoms with van der Waals surface area (Å²) in [5.74, 6) is -1.88. The number of amides is 4. The van der Waals surface area contributed by atoms with Gasteiger partial charge in [-0.1, -0.05) is 67.2 Å². The van der Waals surface area contributed by atoms with Gasteiger partial charge in [-0.2, -0.15) is 0 Å². The van der Waals surface area contributed by atoms with Crippen LogP contribution >= 0.6 is 11.3 Å². The number of rotatable bonds is 13. The van der Waals surface area contributed by atoms with Gasteiger partial charge in [-0.3, -0.25) is 24.0 Å². The molecular formula is C36H56N6O6S. The molecule has 4 amide bonds. The van der Waals surface area contributed by atoms with Crippen molar-refractivity contribution in [3.63, 3.8) is 0 Å². The Morgan fingerprint density at radius 2 is 1.78 bits per heavy atom. The molecule has 2 saturated carbocycles. The lowest BCUT2D eigenvalue weighted by Crippen LogP contribution is -2.57. The second-order valence-corrected chi connectivity index (χ2v) is 17.3. The quantitative estimate of drug-likeness (QED) is 0.263. The summed E-state index contributed by atoms with van der Waals surface area (Å²) in [6.07, 6.45) is 7.13. The largest absolute Gasteiger partial charge is 0.378 e. The number of carbonyl (C=O) groups excluding carboxylic acids is 5. The van der Waals surface area contributed by atoms with Crippen LogP contribution in [0.15, 0.2) is 5.38 Å². The molecule has 0 spiro atoms. The summed E-state index contributed by atoms with van der Waals surface area (Å²) in [5, 5.41) is 8.66. The number of morpholine rings is 1. The van der Waals surface area contributed by atoms with Crippen LogP contribution < -0.4 is 16.4 Å². The van der Waals surface area contributed by atoms with Gasteiger partial charge in [-0.25, -0.2) is 4.98 Å². The fourth-order valence-corrected chi connectivity index (χ4v) is 9.29. The van der Waals surface area contributed by atoms with Gasteiger partial charge >= 0.3 is 0 Å². The number of aromatic nitrogens is 1. The zero-order valence-electron chi connectivity index (χ0n) is 30.1. The van der Waals surface area contributed by atoms with Gasteiger partial charge in [0.05, 0.1) is 31.4 Å². The molecule has 2 aliphatic carbocycles. The highest BCUT2D eigenvalue weighted by molar-refractivity contribution is 7.13. The van der Waals surface area contributed by atoms with E-state index in [2.05, 4.69) is 36.4 Å². The first-order valence-electron chi connectivity index (χ1n) is 18.1. The van der Waals surface area contributed by atoms with Crippen LogP contribution in [0.3, 0.4) is 0 Å². The van der Waals surface area contributed by atoms with Gasteiger partial charge in [0.2, 0.25) is 23.5 Å². The molecule has 4 N–H and O–H groups in total. The average Bonchev–Trinajstić information content (AvgIpc) is 3.59. The zero-order valence-corrected chi connectivity index (χ0v) is 31.0. The fraction of sp³-hybridized carbons (Fsp3) is 0.778. The van der Waals surface area contributed by atoms with E-state index in [4.69, 9.17) is 10.5 Å². The maximum Gasteiger partial charge on any atom is 0.287 e. The SMILES string of the molecule is CC(C)C1([C@]2(C)C[C@@H](C(=O)NC(CC3CCC3)C(=O)C(N)=O)N(C(=O)[C@@H](Nc3nc(CC(=O)N4CCOCC4)cs3)C(C)(C)C)C2)CCC1. The Balaban J connectivity index is 1.39. The van der Waals surface area contributed by atoms with Gasteiger partial charge in [0.1, 0.15) is 12.1 Å². The van der Waals surface area contributed by atoms with Crippen molar-refractivity contribution in [1.82, 2.24) is 20.1 Å². The van der Waals surface area contributed by atoms with Crippen molar-refractivity contribution in [3.05, 3.63) is 11.1 Å². The molecule has 0 radical (unpaired) electrons. The number of nitrogens with one attached hydrogen (secondary N) is 2. The molecule has 3 heterocycles. The lowest BCUT2D eigenvalue weighted by molar-refractivity contribution is -0.143. The van der Waals surface area contributed by atoms with Gasteiger partial charge in [0, 0.05) is 25.0 Å². The summed E-state index contributed by atoms with van der Waals surface area (Å²) < 4.78 is 5.37. The molecule has 1 unspecified atom stereocenters. The second kappa shape index (κ2) is 14.7. The number of ketones is 1. The number of hydrogen-bond acceptors (Lipinski definition) is 9. The number of Topliss-reactive ketones (excluding diaryl/α,β-unsaturated/α-hetero) is 1. The Hall–Kier alpha value is -3.06. The summed E-state index contributed by atoms with van der Waals surface area (Å²) in [6, 6.07) is -2.55. The first kappa shape index (κ1) is 37.2. The number of ether oxygens (including phenoxy) is 1. The first-order valence-corrected chi connectivity index (χ1v) is 18.9. The number of likely N-dealkylation sites (tertiary alicyclic amines) is 1. The fourth-order valence-electron chi connectivity index (χ4n) is 8.55. The summed E-state index contributed by atoms with van der Waals surface area (Å²) in [4.78, 5) is 75.0. The third kappa shape index (κ3) is 7.82. The molecule has 1 aromatic rings. The smallest absolute Gasteiger partial charge is 0.287 e. The highest BCUT2D eigenvalue weighted by Crippen LogP contribution is 2.62. The number of nitrogens with two attached hydrogens (primary N) is 1.